The van der Waals surface area contributed by atoms with Crippen LogP contribution in [0.25, 0.3) is 0 Å². The molecule has 0 radical (unpaired) electrons. The Kier molecular flexibility index (Phi) is 4.46. The number of hydrazine groups is 1. The summed E-state index contributed by atoms with van der Waals surface area (Å²) in [6, 6.07) is 0.781. The van der Waals surface area contributed by atoms with Crippen LogP contribution in [0.4, 0.5) is 24.9 Å². The molecular weight excluding hydrogens is 289 g/mol. The van der Waals surface area contributed by atoms with E-state index in [1.165, 1.54) is 0 Å². The van der Waals surface area contributed by atoms with Crippen molar-refractivity contribution >= 4 is 17.7 Å². The van der Waals surface area contributed by atoms with Crippen LogP contribution in [0.2, 0.25) is 0 Å². The van der Waals surface area contributed by atoms with Gasteiger partial charge in [-0.05, 0) is 12.8 Å². The quantitative estimate of drug-likeness (QED) is 0.351. The number of nitrogen functional groups attached to an aromatic ring is 1. The van der Waals surface area contributed by atoms with Gasteiger partial charge in [-0.1, -0.05) is 0 Å². The minimum absolute atomic E-state index is 0.0223. The summed E-state index contributed by atoms with van der Waals surface area (Å²) in [6.07, 6.45) is -2.80. The molecule has 0 saturated heterocycles. The molecule has 1 fully saturated rings. The summed E-state index contributed by atoms with van der Waals surface area (Å²) in [5.74, 6) is 4.74. The lowest BCUT2D eigenvalue weighted by Gasteiger charge is -2.11. The fourth-order valence-corrected chi connectivity index (χ4v) is 1.61. The lowest BCUT2D eigenvalue weighted by Crippen LogP contribution is -2.30. The van der Waals surface area contributed by atoms with Gasteiger partial charge in [0.05, 0.1) is 0 Å². The Bertz CT molecular complexity index is 517. The van der Waals surface area contributed by atoms with Crippen molar-refractivity contribution in [3.63, 3.8) is 0 Å². The Morgan fingerprint density at radius 1 is 1.33 bits per heavy atom. The normalized spacial score (nSPS) is 14.7. The number of aromatic nitrogens is 2. The van der Waals surface area contributed by atoms with Crippen LogP contribution in [0.3, 0.4) is 0 Å². The van der Waals surface area contributed by atoms with Gasteiger partial charge in [-0.2, -0.15) is 18.2 Å². The fourth-order valence-electron chi connectivity index (χ4n) is 1.61. The van der Waals surface area contributed by atoms with Crippen molar-refractivity contribution in [2.75, 3.05) is 23.8 Å². The second-order valence-corrected chi connectivity index (χ2v) is 4.60. The van der Waals surface area contributed by atoms with Crippen LogP contribution in [0.15, 0.2) is 6.07 Å². The maximum Gasteiger partial charge on any atom is 0.433 e. The van der Waals surface area contributed by atoms with Crippen molar-refractivity contribution < 1.29 is 18.0 Å². The predicted octanol–water partition coefficient (Wildman–Crippen LogP) is 0.719. The molecule has 0 aromatic carbocycles. The van der Waals surface area contributed by atoms with E-state index in [0.717, 1.165) is 18.9 Å². The molecule has 0 unspecified atom stereocenters. The molecular formula is C11H15F3N6O. The van der Waals surface area contributed by atoms with Gasteiger partial charge < -0.3 is 10.6 Å². The van der Waals surface area contributed by atoms with Gasteiger partial charge in [-0.15, -0.1) is 0 Å². The molecule has 1 heterocycles. The van der Waals surface area contributed by atoms with E-state index in [4.69, 9.17) is 5.84 Å². The van der Waals surface area contributed by atoms with Crippen molar-refractivity contribution in [1.29, 1.82) is 0 Å². The molecule has 0 spiro atoms. The summed E-state index contributed by atoms with van der Waals surface area (Å²) in [6.45, 7) is 0.545. The van der Waals surface area contributed by atoms with Gasteiger partial charge in [0, 0.05) is 25.1 Å². The van der Waals surface area contributed by atoms with E-state index in [2.05, 4.69) is 20.6 Å². The van der Waals surface area contributed by atoms with E-state index in [-0.39, 0.29) is 30.1 Å². The van der Waals surface area contributed by atoms with Gasteiger partial charge in [-0.25, -0.2) is 10.8 Å². The molecule has 1 aromatic rings. The van der Waals surface area contributed by atoms with Gasteiger partial charge in [0.1, 0.15) is 5.82 Å². The summed E-state index contributed by atoms with van der Waals surface area (Å²) in [5, 5.41) is 5.37. The second-order valence-electron chi connectivity index (χ2n) is 4.60. The first-order valence-corrected chi connectivity index (χ1v) is 6.34. The maximum atomic E-state index is 12.6. The van der Waals surface area contributed by atoms with Gasteiger partial charge in [0.15, 0.2) is 5.69 Å². The predicted molar refractivity (Wildman–Crippen MR) is 69.1 cm³/mol. The van der Waals surface area contributed by atoms with Crippen LogP contribution in [0.5, 0.6) is 0 Å². The van der Waals surface area contributed by atoms with Crippen LogP contribution in [0, 0.1) is 5.92 Å². The van der Waals surface area contributed by atoms with Crippen molar-refractivity contribution in [1.82, 2.24) is 15.3 Å². The van der Waals surface area contributed by atoms with Crippen molar-refractivity contribution in [3.8, 4) is 0 Å². The molecule has 21 heavy (non-hydrogen) atoms. The highest BCUT2D eigenvalue weighted by atomic mass is 19.4. The van der Waals surface area contributed by atoms with E-state index in [9.17, 15) is 18.0 Å². The SMILES string of the molecule is NNc1nc(NCCNC(=O)C2CC2)cc(C(F)(F)F)n1. The molecule has 0 bridgehead atoms. The molecule has 10 heteroatoms. The van der Waals surface area contributed by atoms with Gasteiger partial charge >= 0.3 is 6.18 Å². The molecule has 1 aliphatic rings. The highest BCUT2D eigenvalue weighted by Crippen LogP contribution is 2.29. The lowest BCUT2D eigenvalue weighted by atomic mass is 10.3. The number of hydrogen-bond donors (Lipinski definition) is 4. The highest BCUT2D eigenvalue weighted by Gasteiger charge is 2.33. The third kappa shape index (κ3) is 4.45. The topological polar surface area (TPSA) is 105 Å². The third-order valence-electron chi connectivity index (χ3n) is 2.82. The fraction of sp³-hybridized carbons (Fsp3) is 0.545. The monoisotopic (exact) mass is 304 g/mol. The van der Waals surface area contributed by atoms with E-state index in [0.29, 0.717) is 6.54 Å². The van der Waals surface area contributed by atoms with Crippen LogP contribution in [-0.4, -0.2) is 29.0 Å². The Morgan fingerprint density at radius 2 is 2.05 bits per heavy atom. The number of rotatable bonds is 6. The van der Waals surface area contributed by atoms with Crippen LogP contribution in [0.1, 0.15) is 18.5 Å². The Balaban J connectivity index is 1.90. The number of halogens is 3. The minimum atomic E-state index is -4.59. The number of hydrogen-bond acceptors (Lipinski definition) is 6. The van der Waals surface area contributed by atoms with Crippen LogP contribution in [-0.2, 0) is 11.0 Å². The van der Waals surface area contributed by atoms with E-state index in [1.54, 1.807) is 0 Å². The number of nitrogens with two attached hydrogens (primary N) is 1. The number of nitrogens with zero attached hydrogens (tertiary/aromatic N) is 2. The lowest BCUT2D eigenvalue weighted by molar-refractivity contribution is -0.141. The molecule has 5 N–H and O–H groups in total. The second kappa shape index (κ2) is 6.12. The molecule has 1 amide bonds. The smallest absolute Gasteiger partial charge is 0.368 e. The summed E-state index contributed by atoms with van der Waals surface area (Å²) < 4.78 is 37.9. The zero-order valence-corrected chi connectivity index (χ0v) is 11.0. The number of amides is 1. The largest absolute Gasteiger partial charge is 0.433 e. The van der Waals surface area contributed by atoms with Gasteiger partial charge in [-0.3, -0.25) is 10.2 Å². The number of nitrogens with one attached hydrogen (secondary N) is 3. The first-order chi connectivity index (χ1) is 9.90. The van der Waals surface area contributed by atoms with Crippen molar-refractivity contribution in [2.24, 2.45) is 11.8 Å². The Labute approximate surface area is 118 Å². The highest BCUT2D eigenvalue weighted by molar-refractivity contribution is 5.80. The number of anilines is 2. The van der Waals surface area contributed by atoms with Crippen LogP contribution < -0.4 is 21.9 Å². The average Bonchev–Trinajstić information content (AvgIpc) is 3.26. The first-order valence-electron chi connectivity index (χ1n) is 6.34. The molecule has 7 nitrogen and oxygen atoms in total. The van der Waals surface area contributed by atoms with Crippen LogP contribution >= 0.6 is 0 Å². The maximum absolute atomic E-state index is 12.6. The van der Waals surface area contributed by atoms with E-state index < -0.39 is 11.9 Å². The van der Waals surface area contributed by atoms with E-state index >= 15 is 0 Å². The molecule has 0 atom stereocenters. The molecule has 0 aliphatic heterocycles. The minimum Gasteiger partial charge on any atom is -0.368 e. The Morgan fingerprint density at radius 3 is 2.62 bits per heavy atom. The number of carbonyl (C=O) groups is 1. The number of carbonyl (C=O) groups excluding carboxylic acids is 1. The zero-order chi connectivity index (χ0) is 15.5. The van der Waals surface area contributed by atoms with E-state index in [1.807, 2.05) is 5.43 Å². The third-order valence-corrected chi connectivity index (χ3v) is 2.82. The molecule has 116 valence electrons. The van der Waals surface area contributed by atoms with Crippen molar-refractivity contribution in [3.05, 3.63) is 11.8 Å². The molecule has 1 saturated carbocycles. The molecule has 1 aromatic heterocycles. The number of alkyl halides is 3. The first kappa shape index (κ1) is 15.3. The van der Waals surface area contributed by atoms with Crippen molar-refractivity contribution in [2.45, 2.75) is 19.0 Å². The van der Waals surface area contributed by atoms with Gasteiger partial charge in [0.25, 0.3) is 0 Å². The average molecular weight is 304 g/mol. The summed E-state index contributed by atoms with van der Waals surface area (Å²) in [5.41, 5.74) is 0.878. The van der Waals surface area contributed by atoms with Gasteiger partial charge in [0.2, 0.25) is 11.9 Å². The summed E-state index contributed by atoms with van der Waals surface area (Å²) in [7, 11) is 0. The zero-order valence-electron chi connectivity index (χ0n) is 11.0. The molecule has 2 rings (SSSR count). The summed E-state index contributed by atoms with van der Waals surface area (Å²) >= 11 is 0. The Hall–Kier alpha value is -2.10. The summed E-state index contributed by atoms with van der Waals surface area (Å²) in [4.78, 5) is 18.4. The standard InChI is InChI=1S/C11H15F3N6O/c12-11(13,14)7-5-8(19-10(18-7)20-15)16-3-4-17-9(21)6-1-2-6/h5-6H,1-4,15H2,(H,17,21)(H2,16,18,19,20). The molecule has 1 aliphatic carbocycles.